The third-order valence-electron chi connectivity index (χ3n) is 5.20. The lowest BCUT2D eigenvalue weighted by molar-refractivity contribution is -0.313. The largest absolute Gasteiger partial charge is 0.550 e. The Hall–Kier alpha value is -2.11. The Bertz CT molecular complexity index is 776. The highest BCUT2D eigenvalue weighted by atomic mass is 35.5. The van der Waals surface area contributed by atoms with Gasteiger partial charge in [-0.1, -0.05) is 42.0 Å². The first-order valence-corrected chi connectivity index (χ1v) is 8.15. The lowest BCUT2D eigenvalue weighted by Crippen LogP contribution is -2.46. The Morgan fingerprint density at radius 2 is 2.21 bits per heavy atom. The lowest BCUT2D eigenvalue weighted by Gasteiger charge is -2.33. The standard InChI is InChI=1S/C18H16ClNO4/c1-2-5-13-18-9-8-12(24-18)14(17(22)23)15(18)16(21)20(13)11-7-4-3-6-10(11)19/h2-4,6-9,12-15H,1,5H2,(H,22,23)/p-1/t12-,13+,14+,15+,18+/m0/s1. The van der Waals surface area contributed by atoms with Crippen LogP contribution >= 0.6 is 11.6 Å². The maximum Gasteiger partial charge on any atom is 0.234 e. The molecule has 3 heterocycles. The molecule has 3 aliphatic heterocycles. The maximum atomic E-state index is 13.2. The van der Waals surface area contributed by atoms with Gasteiger partial charge in [-0.2, -0.15) is 0 Å². The van der Waals surface area contributed by atoms with Gasteiger partial charge in [-0.25, -0.2) is 0 Å². The zero-order valence-electron chi connectivity index (χ0n) is 12.7. The second-order valence-electron chi connectivity index (χ2n) is 6.32. The molecule has 1 aromatic carbocycles. The van der Waals surface area contributed by atoms with Gasteiger partial charge in [0.15, 0.2) is 0 Å². The summed E-state index contributed by atoms with van der Waals surface area (Å²) in [5, 5.41) is 12.0. The number of rotatable bonds is 4. The molecule has 1 aromatic rings. The molecule has 5 atom stereocenters. The molecule has 0 saturated carbocycles. The second kappa shape index (κ2) is 5.19. The van der Waals surface area contributed by atoms with Crippen LogP contribution in [0.2, 0.25) is 5.02 Å². The van der Waals surface area contributed by atoms with E-state index in [4.69, 9.17) is 16.3 Å². The van der Waals surface area contributed by atoms with E-state index in [0.717, 1.165) is 0 Å². The van der Waals surface area contributed by atoms with E-state index < -0.39 is 35.6 Å². The molecule has 1 spiro atoms. The van der Waals surface area contributed by atoms with Crippen molar-refractivity contribution >= 4 is 29.2 Å². The number of hydrogen-bond donors (Lipinski definition) is 0. The Morgan fingerprint density at radius 3 is 2.88 bits per heavy atom. The smallest absolute Gasteiger partial charge is 0.234 e. The van der Waals surface area contributed by atoms with Gasteiger partial charge < -0.3 is 19.5 Å². The minimum atomic E-state index is -1.26. The number of halogens is 1. The van der Waals surface area contributed by atoms with E-state index in [9.17, 15) is 14.7 Å². The number of carboxylic acids is 1. The Balaban J connectivity index is 1.87. The van der Waals surface area contributed by atoms with Gasteiger partial charge in [-0.3, -0.25) is 4.79 Å². The first-order chi connectivity index (χ1) is 11.5. The molecule has 4 rings (SSSR count). The van der Waals surface area contributed by atoms with Crippen molar-refractivity contribution < 1.29 is 19.4 Å². The molecule has 6 heteroatoms. The zero-order valence-corrected chi connectivity index (χ0v) is 13.5. The Labute approximate surface area is 144 Å². The molecule has 2 fully saturated rings. The van der Waals surface area contributed by atoms with Crippen LogP contribution in [0, 0.1) is 11.8 Å². The van der Waals surface area contributed by atoms with Crippen LogP contribution < -0.4 is 10.0 Å². The van der Waals surface area contributed by atoms with E-state index in [1.54, 1.807) is 41.3 Å². The van der Waals surface area contributed by atoms with Crippen LogP contribution in [0.15, 0.2) is 49.1 Å². The van der Waals surface area contributed by atoms with Crippen molar-refractivity contribution in [2.24, 2.45) is 11.8 Å². The number of carboxylic acid groups (broad SMARTS) is 1. The number of fused-ring (bicyclic) bond motifs is 1. The number of amides is 1. The molecule has 124 valence electrons. The van der Waals surface area contributed by atoms with Crippen LogP contribution in [0.1, 0.15) is 6.42 Å². The van der Waals surface area contributed by atoms with Gasteiger partial charge in [-0.05, 0) is 18.6 Å². The molecule has 2 bridgehead atoms. The Kier molecular flexibility index (Phi) is 3.34. The number of anilines is 1. The number of aliphatic carboxylic acids is 1. The summed E-state index contributed by atoms with van der Waals surface area (Å²) in [4.78, 5) is 26.3. The van der Waals surface area contributed by atoms with Crippen molar-refractivity contribution in [3.05, 3.63) is 54.1 Å². The highest BCUT2D eigenvalue weighted by Crippen LogP contribution is 2.56. The summed E-state index contributed by atoms with van der Waals surface area (Å²) < 4.78 is 6.00. The van der Waals surface area contributed by atoms with Crippen LogP contribution in [-0.2, 0) is 14.3 Å². The number of carbonyl (C=O) groups excluding carboxylic acids is 2. The SMILES string of the molecule is C=CC[C@H]1N(c2ccccc2Cl)C(=O)[C@H]2[C@H](C(=O)[O-])[C@@H]3C=C[C@]21O3. The minimum absolute atomic E-state index is 0.295. The molecule has 5 nitrogen and oxygen atoms in total. The third kappa shape index (κ3) is 1.79. The number of nitrogens with zero attached hydrogens (tertiary/aromatic N) is 1. The fourth-order valence-corrected chi connectivity index (χ4v) is 4.53. The van der Waals surface area contributed by atoms with Crippen LogP contribution in [0.25, 0.3) is 0 Å². The van der Waals surface area contributed by atoms with Crippen molar-refractivity contribution in [2.45, 2.75) is 24.2 Å². The number of ether oxygens (including phenoxy) is 1. The summed E-state index contributed by atoms with van der Waals surface area (Å²) in [7, 11) is 0. The van der Waals surface area contributed by atoms with Crippen LogP contribution in [-0.4, -0.2) is 29.6 Å². The summed E-state index contributed by atoms with van der Waals surface area (Å²) in [6.45, 7) is 3.77. The highest BCUT2D eigenvalue weighted by Gasteiger charge is 2.69. The number of carbonyl (C=O) groups is 2. The first-order valence-electron chi connectivity index (χ1n) is 7.78. The third-order valence-corrected chi connectivity index (χ3v) is 5.52. The molecule has 0 radical (unpaired) electrons. The summed E-state index contributed by atoms with van der Waals surface area (Å²) in [5.41, 5.74) is -0.419. The summed E-state index contributed by atoms with van der Waals surface area (Å²) in [6, 6.07) is 6.62. The molecule has 3 aliphatic rings. The quantitative estimate of drug-likeness (QED) is 0.772. The van der Waals surface area contributed by atoms with Crippen LogP contribution in [0.4, 0.5) is 5.69 Å². The molecule has 0 aromatic heterocycles. The van der Waals surface area contributed by atoms with Crippen LogP contribution in [0.5, 0.6) is 0 Å². The van der Waals surface area contributed by atoms with Crippen molar-refractivity contribution in [1.29, 1.82) is 0 Å². The summed E-state index contributed by atoms with van der Waals surface area (Å²) in [5.74, 6) is -3.35. The van der Waals surface area contributed by atoms with Crippen molar-refractivity contribution in [1.82, 2.24) is 0 Å². The number of benzene rings is 1. The van der Waals surface area contributed by atoms with Crippen LogP contribution in [0.3, 0.4) is 0 Å². The predicted molar refractivity (Wildman–Crippen MR) is 86.3 cm³/mol. The van der Waals surface area contributed by atoms with Crippen molar-refractivity contribution in [3.63, 3.8) is 0 Å². The minimum Gasteiger partial charge on any atom is -0.550 e. The number of hydrogen-bond acceptors (Lipinski definition) is 4. The first kappa shape index (κ1) is 15.4. The zero-order chi connectivity index (χ0) is 17.1. The van der Waals surface area contributed by atoms with Crippen molar-refractivity contribution in [3.8, 4) is 0 Å². The monoisotopic (exact) mass is 344 g/mol. The van der Waals surface area contributed by atoms with E-state index >= 15 is 0 Å². The average molecular weight is 345 g/mol. The second-order valence-corrected chi connectivity index (χ2v) is 6.72. The normalized spacial score (nSPS) is 36.2. The molecule has 0 aliphatic carbocycles. The average Bonchev–Trinajstić information content (AvgIpc) is 3.18. The molecular formula is C18H15ClNO4-. The van der Waals surface area contributed by atoms with E-state index in [-0.39, 0.29) is 5.91 Å². The van der Waals surface area contributed by atoms with E-state index in [1.807, 2.05) is 6.08 Å². The highest BCUT2D eigenvalue weighted by molar-refractivity contribution is 6.34. The fraction of sp³-hybridized carbons (Fsp3) is 0.333. The predicted octanol–water partition coefficient (Wildman–Crippen LogP) is 1.32. The fourth-order valence-electron chi connectivity index (χ4n) is 4.30. The topological polar surface area (TPSA) is 69.7 Å². The van der Waals surface area contributed by atoms with E-state index in [2.05, 4.69) is 6.58 Å². The van der Waals surface area contributed by atoms with Crippen molar-refractivity contribution in [2.75, 3.05) is 4.90 Å². The summed E-state index contributed by atoms with van der Waals surface area (Å²) in [6.07, 6.45) is 5.09. The molecule has 0 unspecified atom stereocenters. The Morgan fingerprint density at radius 1 is 1.46 bits per heavy atom. The lowest BCUT2D eigenvalue weighted by atomic mass is 9.74. The number of para-hydroxylation sites is 1. The van der Waals surface area contributed by atoms with E-state index in [1.165, 1.54) is 0 Å². The van der Waals surface area contributed by atoms with Gasteiger partial charge in [-0.15, -0.1) is 6.58 Å². The van der Waals surface area contributed by atoms with Gasteiger partial charge in [0, 0.05) is 11.9 Å². The van der Waals surface area contributed by atoms with Gasteiger partial charge in [0.1, 0.15) is 5.60 Å². The molecule has 0 N–H and O–H groups in total. The van der Waals surface area contributed by atoms with Gasteiger partial charge in [0.2, 0.25) is 5.91 Å². The van der Waals surface area contributed by atoms with E-state index in [0.29, 0.717) is 17.1 Å². The molecular weight excluding hydrogens is 330 g/mol. The maximum absolute atomic E-state index is 13.2. The molecule has 2 saturated heterocycles. The molecule has 1 amide bonds. The molecule has 24 heavy (non-hydrogen) atoms. The van der Waals surface area contributed by atoms with Gasteiger partial charge >= 0.3 is 0 Å². The van der Waals surface area contributed by atoms with Gasteiger partial charge in [0.05, 0.1) is 28.8 Å². The van der Waals surface area contributed by atoms with Gasteiger partial charge in [0.25, 0.3) is 0 Å². The summed E-state index contributed by atoms with van der Waals surface area (Å²) >= 11 is 6.28.